The number of rotatable bonds is 2. The summed E-state index contributed by atoms with van der Waals surface area (Å²) in [5.41, 5.74) is 2.78. The smallest absolute Gasteiger partial charge is 0.0127 e. The summed E-state index contributed by atoms with van der Waals surface area (Å²) in [5.74, 6) is 2.64. The Morgan fingerprint density at radius 3 is 2.90 bits per heavy atom. The van der Waals surface area contributed by atoms with E-state index in [4.69, 9.17) is 6.42 Å². The van der Waals surface area contributed by atoms with Crippen molar-refractivity contribution in [2.75, 3.05) is 0 Å². The van der Waals surface area contributed by atoms with Gasteiger partial charge in [0.05, 0.1) is 0 Å². The molecule has 0 unspecified atom stereocenters. The van der Waals surface area contributed by atoms with Gasteiger partial charge in [0.1, 0.15) is 0 Å². The standard InChI is InChI=1S/C9H10S/c1-3-4-5-9-7-10-6-8(9)2/h1,6-7H,4-5H2,2H3. The molecule has 1 rings (SSSR count). The van der Waals surface area contributed by atoms with E-state index in [9.17, 15) is 0 Å². The monoisotopic (exact) mass is 150 g/mol. The van der Waals surface area contributed by atoms with Crippen molar-refractivity contribution >= 4 is 11.3 Å². The second-order valence-electron chi connectivity index (χ2n) is 2.28. The van der Waals surface area contributed by atoms with Crippen molar-refractivity contribution in [2.45, 2.75) is 19.8 Å². The van der Waals surface area contributed by atoms with Crippen molar-refractivity contribution in [2.24, 2.45) is 0 Å². The van der Waals surface area contributed by atoms with Crippen LogP contribution in [-0.2, 0) is 6.42 Å². The van der Waals surface area contributed by atoms with E-state index in [-0.39, 0.29) is 0 Å². The molecule has 0 N–H and O–H groups in total. The molecule has 0 nitrogen and oxygen atoms in total. The third kappa shape index (κ3) is 1.62. The second-order valence-corrected chi connectivity index (χ2v) is 3.03. The maximum atomic E-state index is 5.15. The van der Waals surface area contributed by atoms with E-state index in [0.29, 0.717) is 0 Å². The van der Waals surface area contributed by atoms with Crippen molar-refractivity contribution in [1.82, 2.24) is 0 Å². The maximum Gasteiger partial charge on any atom is 0.0127 e. The van der Waals surface area contributed by atoms with Gasteiger partial charge in [-0.1, -0.05) is 0 Å². The first-order chi connectivity index (χ1) is 4.84. The lowest BCUT2D eigenvalue weighted by Gasteiger charge is -1.92. The number of hydrogen-bond donors (Lipinski definition) is 0. The summed E-state index contributed by atoms with van der Waals surface area (Å²) in [6.45, 7) is 2.13. The number of hydrogen-bond acceptors (Lipinski definition) is 1. The molecule has 10 heavy (non-hydrogen) atoms. The highest BCUT2D eigenvalue weighted by Crippen LogP contribution is 2.14. The summed E-state index contributed by atoms with van der Waals surface area (Å²) < 4.78 is 0. The number of terminal acetylenes is 1. The molecule has 52 valence electrons. The lowest BCUT2D eigenvalue weighted by atomic mass is 10.1. The first-order valence-electron chi connectivity index (χ1n) is 3.29. The Kier molecular flexibility index (Phi) is 2.53. The summed E-state index contributed by atoms with van der Waals surface area (Å²) >= 11 is 1.75. The molecule has 1 heteroatoms. The van der Waals surface area contributed by atoms with Crippen molar-refractivity contribution in [3.05, 3.63) is 21.9 Å². The predicted molar refractivity (Wildman–Crippen MR) is 46.2 cm³/mol. The van der Waals surface area contributed by atoms with Crippen LogP contribution in [0.5, 0.6) is 0 Å². The third-order valence-corrected chi connectivity index (χ3v) is 2.41. The van der Waals surface area contributed by atoms with Gasteiger partial charge < -0.3 is 0 Å². The van der Waals surface area contributed by atoms with Crippen LogP contribution in [0.15, 0.2) is 10.8 Å². The predicted octanol–water partition coefficient (Wildman–Crippen LogP) is 2.62. The van der Waals surface area contributed by atoms with Gasteiger partial charge in [-0.25, -0.2) is 0 Å². The van der Waals surface area contributed by atoms with Crippen LogP contribution in [0.2, 0.25) is 0 Å². The van der Waals surface area contributed by atoms with Gasteiger partial charge in [0.25, 0.3) is 0 Å². The summed E-state index contributed by atoms with van der Waals surface area (Å²) in [6.07, 6.45) is 7.04. The molecule has 0 spiro atoms. The van der Waals surface area contributed by atoms with E-state index < -0.39 is 0 Å². The molecule has 0 aliphatic carbocycles. The molecule has 0 aromatic carbocycles. The SMILES string of the molecule is C#CCCc1cscc1C. The van der Waals surface area contributed by atoms with Crippen LogP contribution in [0.25, 0.3) is 0 Å². The number of thiophene rings is 1. The average molecular weight is 150 g/mol. The molecule has 1 aromatic heterocycles. The van der Waals surface area contributed by atoms with Crippen LogP contribution < -0.4 is 0 Å². The molecular formula is C9H10S. The Hall–Kier alpha value is -0.740. The van der Waals surface area contributed by atoms with Gasteiger partial charge in [0.15, 0.2) is 0 Å². The van der Waals surface area contributed by atoms with Gasteiger partial charge in [-0.2, -0.15) is 11.3 Å². The molecule has 0 aliphatic heterocycles. The van der Waals surface area contributed by atoms with Gasteiger partial charge in [-0.05, 0) is 35.2 Å². The molecule has 0 radical (unpaired) electrons. The molecule has 1 aromatic rings. The lowest BCUT2D eigenvalue weighted by molar-refractivity contribution is 1.02. The number of aryl methyl sites for hydroxylation is 2. The Balaban J connectivity index is 2.59. The molecule has 0 amide bonds. The van der Waals surface area contributed by atoms with Gasteiger partial charge in [0, 0.05) is 6.42 Å². The zero-order chi connectivity index (χ0) is 7.40. The lowest BCUT2D eigenvalue weighted by Crippen LogP contribution is -1.81. The minimum absolute atomic E-state index is 0.859. The average Bonchev–Trinajstić information content (AvgIpc) is 2.31. The van der Waals surface area contributed by atoms with E-state index in [0.717, 1.165) is 12.8 Å². The fraction of sp³-hybridized carbons (Fsp3) is 0.333. The molecule has 0 saturated heterocycles. The van der Waals surface area contributed by atoms with E-state index >= 15 is 0 Å². The third-order valence-electron chi connectivity index (χ3n) is 1.50. The van der Waals surface area contributed by atoms with Gasteiger partial charge in [-0.15, -0.1) is 12.3 Å². The largest absolute Gasteiger partial charge is 0.152 e. The van der Waals surface area contributed by atoms with Crippen LogP contribution in [0.1, 0.15) is 17.5 Å². The summed E-state index contributed by atoms with van der Waals surface area (Å²) in [4.78, 5) is 0. The quantitative estimate of drug-likeness (QED) is 0.568. The van der Waals surface area contributed by atoms with E-state index in [1.165, 1.54) is 11.1 Å². The maximum absolute atomic E-state index is 5.15. The minimum atomic E-state index is 0.859. The summed E-state index contributed by atoms with van der Waals surface area (Å²) in [6, 6.07) is 0. The van der Waals surface area contributed by atoms with Crippen molar-refractivity contribution in [3.8, 4) is 12.3 Å². The van der Waals surface area contributed by atoms with Crippen LogP contribution in [0.3, 0.4) is 0 Å². The molecule has 0 fully saturated rings. The Morgan fingerprint density at radius 2 is 2.40 bits per heavy atom. The highest BCUT2D eigenvalue weighted by Gasteiger charge is 1.95. The molecule has 1 heterocycles. The van der Waals surface area contributed by atoms with Crippen molar-refractivity contribution in [1.29, 1.82) is 0 Å². The first-order valence-corrected chi connectivity index (χ1v) is 4.24. The van der Waals surface area contributed by atoms with Crippen LogP contribution in [0, 0.1) is 19.3 Å². The molecular weight excluding hydrogens is 140 g/mol. The second kappa shape index (κ2) is 3.43. The van der Waals surface area contributed by atoms with E-state index in [1.54, 1.807) is 11.3 Å². The zero-order valence-corrected chi connectivity index (χ0v) is 6.87. The topological polar surface area (TPSA) is 0 Å². The Bertz CT molecular complexity index is 239. The van der Waals surface area contributed by atoms with E-state index in [2.05, 4.69) is 23.6 Å². The fourth-order valence-corrected chi connectivity index (χ4v) is 1.74. The molecule has 0 saturated carbocycles. The minimum Gasteiger partial charge on any atom is -0.152 e. The van der Waals surface area contributed by atoms with Crippen molar-refractivity contribution in [3.63, 3.8) is 0 Å². The van der Waals surface area contributed by atoms with Crippen LogP contribution in [0.4, 0.5) is 0 Å². The molecule has 0 atom stereocenters. The highest BCUT2D eigenvalue weighted by atomic mass is 32.1. The first kappa shape index (κ1) is 7.37. The van der Waals surface area contributed by atoms with Crippen molar-refractivity contribution < 1.29 is 0 Å². The van der Waals surface area contributed by atoms with Gasteiger partial charge in [-0.3, -0.25) is 0 Å². The van der Waals surface area contributed by atoms with Gasteiger partial charge >= 0.3 is 0 Å². The fourth-order valence-electron chi connectivity index (χ4n) is 0.850. The van der Waals surface area contributed by atoms with Gasteiger partial charge in [0.2, 0.25) is 0 Å². The Labute approximate surface area is 65.9 Å². The Morgan fingerprint density at radius 1 is 1.60 bits per heavy atom. The van der Waals surface area contributed by atoms with Crippen LogP contribution >= 0.6 is 11.3 Å². The highest BCUT2D eigenvalue weighted by molar-refractivity contribution is 7.08. The van der Waals surface area contributed by atoms with E-state index in [1.807, 2.05) is 0 Å². The summed E-state index contributed by atoms with van der Waals surface area (Å²) in [7, 11) is 0. The zero-order valence-electron chi connectivity index (χ0n) is 6.05. The summed E-state index contributed by atoms with van der Waals surface area (Å²) in [5, 5.41) is 4.33. The molecule has 0 bridgehead atoms. The molecule has 0 aliphatic rings. The van der Waals surface area contributed by atoms with Crippen LogP contribution in [-0.4, -0.2) is 0 Å². The normalized spacial score (nSPS) is 9.20.